The van der Waals surface area contributed by atoms with Crippen LogP contribution >= 0.6 is 0 Å². The van der Waals surface area contributed by atoms with Crippen molar-refractivity contribution in [3.63, 3.8) is 0 Å². The topological polar surface area (TPSA) is 28.2 Å². The van der Waals surface area contributed by atoms with Crippen molar-refractivity contribution < 1.29 is 0 Å². The zero-order valence-corrected chi connectivity index (χ0v) is 11.9. The molecule has 1 aliphatic rings. The molecular formula is C15H25N3. The molecule has 0 aromatic carbocycles. The first-order valence-electron chi connectivity index (χ1n) is 7.12. The van der Waals surface area contributed by atoms with E-state index in [-0.39, 0.29) is 5.54 Å². The van der Waals surface area contributed by atoms with Gasteiger partial charge >= 0.3 is 0 Å². The fraction of sp³-hybridized carbons (Fsp3) is 0.667. The molecule has 1 aromatic heterocycles. The molecule has 3 nitrogen and oxygen atoms in total. The Bertz CT molecular complexity index is 385. The third-order valence-corrected chi connectivity index (χ3v) is 4.27. The van der Waals surface area contributed by atoms with Gasteiger partial charge in [0.2, 0.25) is 0 Å². The van der Waals surface area contributed by atoms with Crippen LogP contribution in [-0.2, 0) is 0 Å². The van der Waals surface area contributed by atoms with Crippen LogP contribution in [0.1, 0.15) is 38.8 Å². The zero-order valence-electron chi connectivity index (χ0n) is 11.9. The van der Waals surface area contributed by atoms with Gasteiger partial charge in [-0.2, -0.15) is 0 Å². The molecule has 0 bridgehead atoms. The highest BCUT2D eigenvalue weighted by atomic mass is 15.2. The highest BCUT2D eigenvalue weighted by Gasteiger charge is 2.30. The molecule has 2 rings (SSSR count). The van der Waals surface area contributed by atoms with E-state index in [4.69, 9.17) is 0 Å². The van der Waals surface area contributed by atoms with E-state index in [2.05, 4.69) is 42.0 Å². The van der Waals surface area contributed by atoms with E-state index < -0.39 is 0 Å². The zero-order chi connectivity index (χ0) is 13.0. The van der Waals surface area contributed by atoms with Gasteiger partial charge in [0.15, 0.2) is 0 Å². The second kappa shape index (κ2) is 5.70. The van der Waals surface area contributed by atoms with Gasteiger partial charge in [-0.25, -0.2) is 0 Å². The Kier molecular flexibility index (Phi) is 4.23. The van der Waals surface area contributed by atoms with E-state index in [0.29, 0.717) is 0 Å². The lowest BCUT2D eigenvalue weighted by Gasteiger charge is -2.36. The molecule has 3 heteroatoms. The van der Waals surface area contributed by atoms with Crippen LogP contribution in [0.4, 0.5) is 5.69 Å². The first-order valence-corrected chi connectivity index (χ1v) is 7.12. The molecule has 0 atom stereocenters. The van der Waals surface area contributed by atoms with Crippen LogP contribution < -0.4 is 10.2 Å². The summed E-state index contributed by atoms with van der Waals surface area (Å²) in [5.41, 5.74) is 2.70. The van der Waals surface area contributed by atoms with Crippen molar-refractivity contribution in [2.24, 2.45) is 0 Å². The molecule has 0 saturated carbocycles. The van der Waals surface area contributed by atoms with Gasteiger partial charge in [-0.05, 0) is 44.9 Å². The molecule has 1 N–H and O–H groups in total. The minimum atomic E-state index is 0.263. The summed E-state index contributed by atoms with van der Waals surface area (Å²) >= 11 is 0. The summed E-state index contributed by atoms with van der Waals surface area (Å²) in [7, 11) is 0. The van der Waals surface area contributed by atoms with E-state index >= 15 is 0 Å². The maximum absolute atomic E-state index is 4.42. The van der Waals surface area contributed by atoms with Crippen molar-refractivity contribution in [1.82, 2.24) is 10.3 Å². The second-order valence-electron chi connectivity index (χ2n) is 5.30. The number of aryl methyl sites for hydroxylation is 1. The predicted molar refractivity (Wildman–Crippen MR) is 77.1 cm³/mol. The minimum absolute atomic E-state index is 0.263. The van der Waals surface area contributed by atoms with Crippen molar-refractivity contribution in [3.05, 3.63) is 24.0 Å². The van der Waals surface area contributed by atoms with Gasteiger partial charge in [-0.1, -0.05) is 13.8 Å². The summed E-state index contributed by atoms with van der Waals surface area (Å²) in [5.74, 6) is 0. The molecule has 2 heterocycles. The lowest BCUT2D eigenvalue weighted by Crippen LogP contribution is -2.50. The SMILES string of the molecule is CCC1(CC)CN(c2cccnc2C)CCCN1. The molecule has 0 aliphatic carbocycles. The summed E-state index contributed by atoms with van der Waals surface area (Å²) in [6.45, 7) is 10.0. The van der Waals surface area contributed by atoms with E-state index in [1.807, 2.05) is 12.3 Å². The quantitative estimate of drug-likeness (QED) is 0.890. The Morgan fingerprint density at radius 2 is 2.17 bits per heavy atom. The van der Waals surface area contributed by atoms with E-state index in [1.165, 1.54) is 24.9 Å². The first-order chi connectivity index (χ1) is 8.71. The molecule has 0 spiro atoms. The molecule has 1 aliphatic heterocycles. The van der Waals surface area contributed by atoms with Gasteiger partial charge in [0.1, 0.15) is 0 Å². The number of anilines is 1. The average molecular weight is 247 g/mol. The standard InChI is InChI=1S/C15H25N3/c1-4-15(5-2)12-18(11-7-10-17-15)14-8-6-9-16-13(14)3/h6,8-9,17H,4-5,7,10-12H2,1-3H3. The summed E-state index contributed by atoms with van der Waals surface area (Å²) in [6, 6.07) is 4.24. The van der Waals surface area contributed by atoms with Crippen molar-refractivity contribution in [2.75, 3.05) is 24.5 Å². The fourth-order valence-electron chi connectivity index (χ4n) is 2.86. The summed E-state index contributed by atoms with van der Waals surface area (Å²) < 4.78 is 0. The highest BCUT2D eigenvalue weighted by Crippen LogP contribution is 2.25. The lowest BCUT2D eigenvalue weighted by atomic mass is 9.92. The summed E-state index contributed by atoms with van der Waals surface area (Å²) in [5, 5.41) is 3.75. The maximum atomic E-state index is 4.42. The summed E-state index contributed by atoms with van der Waals surface area (Å²) in [6.07, 6.45) is 5.44. The largest absolute Gasteiger partial charge is 0.368 e. The number of hydrogen-bond donors (Lipinski definition) is 1. The number of aromatic nitrogens is 1. The lowest BCUT2D eigenvalue weighted by molar-refractivity contribution is 0.321. The molecule has 100 valence electrons. The number of rotatable bonds is 3. The van der Waals surface area contributed by atoms with Gasteiger partial charge in [0, 0.05) is 24.8 Å². The van der Waals surface area contributed by atoms with Crippen molar-refractivity contribution in [1.29, 1.82) is 0 Å². The molecular weight excluding hydrogens is 222 g/mol. The van der Waals surface area contributed by atoms with E-state index in [0.717, 1.165) is 25.3 Å². The second-order valence-corrected chi connectivity index (χ2v) is 5.30. The van der Waals surface area contributed by atoms with Gasteiger partial charge in [0.25, 0.3) is 0 Å². The summed E-state index contributed by atoms with van der Waals surface area (Å²) in [4.78, 5) is 6.93. The van der Waals surface area contributed by atoms with Crippen LogP contribution in [0.3, 0.4) is 0 Å². The highest BCUT2D eigenvalue weighted by molar-refractivity contribution is 5.50. The van der Waals surface area contributed by atoms with Crippen molar-refractivity contribution >= 4 is 5.69 Å². The third-order valence-electron chi connectivity index (χ3n) is 4.27. The minimum Gasteiger partial charge on any atom is -0.368 e. The van der Waals surface area contributed by atoms with Crippen LogP contribution in [0.25, 0.3) is 0 Å². The number of pyridine rings is 1. The number of hydrogen-bond acceptors (Lipinski definition) is 3. The Balaban J connectivity index is 2.25. The van der Waals surface area contributed by atoms with Gasteiger partial charge in [-0.3, -0.25) is 4.98 Å². The number of nitrogens with zero attached hydrogens (tertiary/aromatic N) is 2. The molecule has 1 aromatic rings. The monoisotopic (exact) mass is 247 g/mol. The molecule has 18 heavy (non-hydrogen) atoms. The van der Waals surface area contributed by atoms with Crippen molar-refractivity contribution in [2.45, 2.75) is 45.6 Å². The van der Waals surface area contributed by atoms with Crippen molar-refractivity contribution in [3.8, 4) is 0 Å². The Morgan fingerprint density at radius 3 is 2.83 bits per heavy atom. The number of nitrogens with one attached hydrogen (secondary N) is 1. The predicted octanol–water partition coefficient (Wildman–Crippen LogP) is 2.75. The molecule has 1 saturated heterocycles. The van der Waals surface area contributed by atoms with E-state index in [1.54, 1.807) is 0 Å². The van der Waals surface area contributed by atoms with Crippen LogP contribution in [0, 0.1) is 6.92 Å². The Morgan fingerprint density at radius 1 is 1.39 bits per heavy atom. The van der Waals surface area contributed by atoms with Gasteiger partial charge < -0.3 is 10.2 Å². The third kappa shape index (κ3) is 2.66. The first kappa shape index (κ1) is 13.3. The molecule has 0 radical (unpaired) electrons. The Labute approximate surface area is 111 Å². The van der Waals surface area contributed by atoms with Gasteiger partial charge in [0.05, 0.1) is 11.4 Å². The molecule has 1 fully saturated rings. The van der Waals surface area contributed by atoms with Crippen LogP contribution in [0.15, 0.2) is 18.3 Å². The van der Waals surface area contributed by atoms with Gasteiger partial charge in [-0.15, -0.1) is 0 Å². The fourth-order valence-corrected chi connectivity index (χ4v) is 2.86. The van der Waals surface area contributed by atoms with Crippen LogP contribution in [0.2, 0.25) is 0 Å². The van der Waals surface area contributed by atoms with Crippen LogP contribution in [0.5, 0.6) is 0 Å². The maximum Gasteiger partial charge on any atom is 0.0605 e. The smallest absolute Gasteiger partial charge is 0.0605 e. The molecule has 0 amide bonds. The van der Waals surface area contributed by atoms with Crippen LogP contribution in [-0.4, -0.2) is 30.2 Å². The Hall–Kier alpha value is -1.09. The average Bonchev–Trinajstić information content (AvgIpc) is 2.62. The van der Waals surface area contributed by atoms with E-state index in [9.17, 15) is 0 Å². The molecule has 0 unspecified atom stereocenters. The normalized spacial score (nSPS) is 19.6.